The van der Waals surface area contributed by atoms with Gasteiger partial charge in [-0.2, -0.15) is 11.3 Å². The van der Waals surface area contributed by atoms with Crippen LogP contribution in [0.15, 0.2) is 35.5 Å². The third-order valence-corrected chi connectivity index (χ3v) is 1.05. The van der Waals surface area contributed by atoms with Crippen molar-refractivity contribution in [2.45, 2.75) is 0 Å². The van der Waals surface area contributed by atoms with Crippen LogP contribution in [0.4, 0.5) is 0 Å². The van der Waals surface area contributed by atoms with E-state index in [-0.39, 0.29) is 18.9 Å². The second-order valence-corrected chi connectivity index (χ2v) is 1.90. The van der Waals surface area contributed by atoms with E-state index in [0.29, 0.717) is 0 Å². The SMILES string of the molecule is C=C[CH2-].[Li+].c1ccsc1. The maximum Gasteiger partial charge on any atom is 1.00 e. The fraction of sp³-hybridized carbons (Fsp3) is 0. The first-order chi connectivity index (χ1) is 3.91. The molecule has 0 aromatic carbocycles. The number of rotatable bonds is 0. The van der Waals surface area contributed by atoms with Crippen molar-refractivity contribution < 1.29 is 18.9 Å². The Morgan fingerprint density at radius 3 is 1.78 bits per heavy atom. The molecule has 0 unspecified atom stereocenters. The van der Waals surface area contributed by atoms with Gasteiger partial charge in [0, 0.05) is 0 Å². The molecule has 0 fully saturated rings. The van der Waals surface area contributed by atoms with Gasteiger partial charge in [0.15, 0.2) is 0 Å². The number of thiophene rings is 1. The van der Waals surface area contributed by atoms with E-state index >= 15 is 0 Å². The van der Waals surface area contributed by atoms with Gasteiger partial charge in [0.05, 0.1) is 0 Å². The van der Waals surface area contributed by atoms with Gasteiger partial charge < -0.3 is 0 Å². The van der Waals surface area contributed by atoms with Gasteiger partial charge in [-0.15, -0.1) is 0 Å². The van der Waals surface area contributed by atoms with Gasteiger partial charge in [0.2, 0.25) is 0 Å². The summed E-state index contributed by atoms with van der Waals surface area (Å²) in [6.07, 6.45) is 1.50. The molecule has 0 aliphatic rings. The van der Waals surface area contributed by atoms with Crippen molar-refractivity contribution in [2.24, 2.45) is 0 Å². The second kappa shape index (κ2) is 10.8. The average Bonchev–Trinajstić information content (AvgIpc) is 2.17. The summed E-state index contributed by atoms with van der Waals surface area (Å²) in [6, 6.07) is 4.04. The monoisotopic (exact) mass is 132 g/mol. The van der Waals surface area contributed by atoms with E-state index in [1.54, 1.807) is 11.3 Å². The van der Waals surface area contributed by atoms with Crippen molar-refractivity contribution in [1.29, 1.82) is 0 Å². The Labute approximate surface area is 72.8 Å². The number of hydrogen-bond donors (Lipinski definition) is 0. The smallest absolute Gasteiger partial charge is 0.245 e. The van der Waals surface area contributed by atoms with Crippen LogP contribution in [-0.2, 0) is 0 Å². The molecule has 0 bridgehead atoms. The molecule has 0 aliphatic carbocycles. The van der Waals surface area contributed by atoms with Gasteiger partial charge >= 0.3 is 18.9 Å². The van der Waals surface area contributed by atoms with Crippen LogP contribution < -0.4 is 18.9 Å². The molecule has 1 heterocycles. The fourth-order valence-electron chi connectivity index (χ4n) is 0.227. The first-order valence-electron chi connectivity index (χ1n) is 2.29. The Morgan fingerprint density at radius 2 is 1.67 bits per heavy atom. The third-order valence-electron chi connectivity index (χ3n) is 0.425. The van der Waals surface area contributed by atoms with Crippen LogP contribution in [0.25, 0.3) is 0 Å². The predicted octanol–water partition coefficient (Wildman–Crippen LogP) is -0.241. The molecule has 44 valence electrons. The molecular formula is C7H9LiS. The van der Waals surface area contributed by atoms with Gasteiger partial charge in [0.1, 0.15) is 0 Å². The quantitative estimate of drug-likeness (QED) is 0.337. The van der Waals surface area contributed by atoms with Crippen molar-refractivity contribution in [3.05, 3.63) is 42.5 Å². The maximum absolute atomic E-state index is 3.25. The summed E-state index contributed by atoms with van der Waals surface area (Å²) >= 11 is 1.71. The largest absolute Gasteiger partial charge is 1.00 e. The van der Waals surface area contributed by atoms with Gasteiger partial charge in [-0.3, -0.25) is 0 Å². The Kier molecular flexibility index (Phi) is 14.0. The zero-order chi connectivity index (χ0) is 6.24. The molecule has 1 aromatic rings. The molecule has 0 spiro atoms. The van der Waals surface area contributed by atoms with E-state index in [1.165, 1.54) is 6.08 Å². The molecule has 0 amide bonds. The normalized spacial score (nSPS) is 5.78. The Balaban J connectivity index is 0. The van der Waals surface area contributed by atoms with Crippen molar-refractivity contribution in [3.8, 4) is 0 Å². The molecule has 9 heavy (non-hydrogen) atoms. The van der Waals surface area contributed by atoms with Crippen molar-refractivity contribution in [3.63, 3.8) is 0 Å². The van der Waals surface area contributed by atoms with E-state index in [9.17, 15) is 0 Å². The van der Waals surface area contributed by atoms with E-state index in [2.05, 4.69) is 13.5 Å². The van der Waals surface area contributed by atoms with Crippen LogP contribution in [0.3, 0.4) is 0 Å². The number of hydrogen-bond acceptors (Lipinski definition) is 1. The molecule has 0 nitrogen and oxygen atoms in total. The fourth-order valence-corrected chi connectivity index (χ4v) is 0.680. The molecule has 1 aromatic heterocycles. The average molecular weight is 132 g/mol. The van der Waals surface area contributed by atoms with Crippen LogP contribution in [0.1, 0.15) is 0 Å². The van der Waals surface area contributed by atoms with E-state index in [4.69, 9.17) is 0 Å². The predicted molar refractivity (Wildman–Crippen MR) is 39.9 cm³/mol. The van der Waals surface area contributed by atoms with Crippen molar-refractivity contribution >= 4 is 11.3 Å². The van der Waals surface area contributed by atoms with Crippen molar-refractivity contribution in [2.75, 3.05) is 0 Å². The Hall–Kier alpha value is -0.0926. The minimum atomic E-state index is 0. The van der Waals surface area contributed by atoms with Crippen LogP contribution in [-0.4, -0.2) is 0 Å². The molecule has 0 saturated heterocycles. The summed E-state index contributed by atoms with van der Waals surface area (Å²) in [6.45, 7) is 6.50. The number of allylic oxidation sites excluding steroid dienone is 1. The van der Waals surface area contributed by atoms with Crippen LogP contribution in [0.2, 0.25) is 0 Å². The molecule has 0 saturated carbocycles. The van der Waals surface area contributed by atoms with Gasteiger partial charge in [-0.25, -0.2) is 19.6 Å². The summed E-state index contributed by atoms with van der Waals surface area (Å²) in [5.41, 5.74) is 0. The second-order valence-electron chi connectivity index (χ2n) is 1.08. The van der Waals surface area contributed by atoms with Crippen molar-refractivity contribution in [1.82, 2.24) is 0 Å². The molecule has 1 rings (SSSR count). The Morgan fingerprint density at radius 1 is 1.33 bits per heavy atom. The minimum Gasteiger partial charge on any atom is -0.245 e. The van der Waals surface area contributed by atoms with Gasteiger partial charge in [-0.1, -0.05) is 12.1 Å². The van der Waals surface area contributed by atoms with Crippen LogP contribution in [0, 0.1) is 6.92 Å². The Bertz CT molecular complexity index is 95.3. The molecule has 0 radical (unpaired) electrons. The first-order valence-corrected chi connectivity index (χ1v) is 3.23. The summed E-state index contributed by atoms with van der Waals surface area (Å²) < 4.78 is 0. The van der Waals surface area contributed by atoms with Crippen LogP contribution >= 0.6 is 11.3 Å². The van der Waals surface area contributed by atoms with E-state index in [1.807, 2.05) is 22.9 Å². The molecule has 0 atom stereocenters. The summed E-state index contributed by atoms with van der Waals surface area (Å²) in [5.74, 6) is 0. The zero-order valence-electron chi connectivity index (χ0n) is 5.71. The van der Waals surface area contributed by atoms with Crippen LogP contribution in [0.5, 0.6) is 0 Å². The summed E-state index contributed by atoms with van der Waals surface area (Å²) in [4.78, 5) is 0. The topological polar surface area (TPSA) is 0 Å². The zero-order valence-corrected chi connectivity index (χ0v) is 6.53. The molecule has 2 heteroatoms. The van der Waals surface area contributed by atoms with Gasteiger partial charge in [0.25, 0.3) is 0 Å². The molecule has 0 N–H and O–H groups in total. The van der Waals surface area contributed by atoms with E-state index < -0.39 is 0 Å². The van der Waals surface area contributed by atoms with Gasteiger partial charge in [-0.05, 0) is 10.8 Å². The molecular weight excluding hydrogens is 123 g/mol. The third kappa shape index (κ3) is 11.5. The first kappa shape index (κ1) is 11.7. The molecule has 0 aliphatic heterocycles. The van der Waals surface area contributed by atoms with E-state index in [0.717, 1.165) is 0 Å². The summed E-state index contributed by atoms with van der Waals surface area (Å²) in [5, 5.41) is 4.08. The minimum absolute atomic E-state index is 0. The summed E-state index contributed by atoms with van der Waals surface area (Å²) in [7, 11) is 0. The standard InChI is InChI=1S/C4H4S.C3H5.Li/c1-2-4-5-3-1;1-3-2;/h1-4H;3H,1-2H2;/q;-1;+1. The maximum atomic E-state index is 3.25.